The van der Waals surface area contributed by atoms with Crippen LogP contribution in [0, 0.1) is 6.92 Å². The molecule has 1 aromatic heterocycles. The van der Waals surface area contributed by atoms with Crippen molar-refractivity contribution in [2.45, 2.75) is 30.7 Å². The van der Waals surface area contributed by atoms with Crippen LogP contribution in [0.5, 0.6) is 11.5 Å². The van der Waals surface area contributed by atoms with Gasteiger partial charge in [0.05, 0.1) is 30.8 Å². The second-order valence-corrected chi connectivity index (χ2v) is 10.3. The number of benzene rings is 3. The minimum absolute atomic E-state index is 0.0365. The van der Waals surface area contributed by atoms with E-state index in [-0.39, 0.29) is 16.8 Å². The van der Waals surface area contributed by atoms with Gasteiger partial charge in [-0.15, -0.1) is 0 Å². The first-order valence-electron chi connectivity index (χ1n) is 11.2. The summed E-state index contributed by atoms with van der Waals surface area (Å²) in [5.41, 5.74) is 3.84. The minimum Gasteiger partial charge on any atom is -0.493 e. The first-order valence-corrected chi connectivity index (χ1v) is 12.6. The Balaban J connectivity index is 1.52. The van der Waals surface area contributed by atoms with Gasteiger partial charge in [-0.05, 0) is 72.9 Å². The average molecular weight is 492 g/mol. The summed E-state index contributed by atoms with van der Waals surface area (Å²) in [4.78, 5) is 12.6. The van der Waals surface area contributed by atoms with Crippen molar-refractivity contribution in [3.05, 3.63) is 71.9 Å². The Hall–Kier alpha value is -3.85. The molecular formula is C26H25N3O5S. The third kappa shape index (κ3) is 4.23. The molecule has 4 aromatic rings. The Labute approximate surface area is 203 Å². The zero-order valence-corrected chi connectivity index (χ0v) is 20.4. The van der Waals surface area contributed by atoms with E-state index in [1.54, 1.807) is 12.1 Å². The Morgan fingerprint density at radius 1 is 1.00 bits per heavy atom. The minimum atomic E-state index is -3.97. The zero-order valence-electron chi connectivity index (χ0n) is 19.6. The van der Waals surface area contributed by atoms with Crippen molar-refractivity contribution in [3.8, 4) is 22.6 Å². The van der Waals surface area contributed by atoms with E-state index < -0.39 is 10.0 Å². The number of ether oxygens (including phenoxy) is 2. The summed E-state index contributed by atoms with van der Waals surface area (Å²) in [6, 6.07) is 15.8. The highest BCUT2D eigenvalue weighted by atomic mass is 32.2. The van der Waals surface area contributed by atoms with Gasteiger partial charge in [0.1, 0.15) is 0 Å². The zero-order chi connectivity index (χ0) is 24.7. The maximum absolute atomic E-state index is 13.4. The fourth-order valence-electron chi connectivity index (χ4n) is 4.02. The first kappa shape index (κ1) is 22.9. The highest BCUT2D eigenvalue weighted by Gasteiger charge is 2.25. The highest BCUT2D eigenvalue weighted by molar-refractivity contribution is 7.90. The summed E-state index contributed by atoms with van der Waals surface area (Å²) in [6.07, 6.45) is 3.57. The van der Waals surface area contributed by atoms with Gasteiger partial charge >= 0.3 is 0 Å². The van der Waals surface area contributed by atoms with E-state index in [4.69, 9.17) is 9.47 Å². The number of nitrogens with one attached hydrogen (secondary N) is 1. The van der Waals surface area contributed by atoms with Gasteiger partial charge < -0.3 is 14.8 Å². The van der Waals surface area contributed by atoms with Crippen molar-refractivity contribution in [1.29, 1.82) is 0 Å². The number of amides is 1. The Bertz CT molecular complexity index is 1550. The number of aryl methyl sites for hydroxylation is 1. The van der Waals surface area contributed by atoms with Crippen LogP contribution in [0.15, 0.2) is 65.7 Å². The fraction of sp³-hybridized carbons (Fsp3) is 0.231. The van der Waals surface area contributed by atoms with Gasteiger partial charge in [-0.25, -0.2) is 0 Å². The molecule has 180 valence electrons. The average Bonchev–Trinajstić information content (AvgIpc) is 3.57. The van der Waals surface area contributed by atoms with Crippen LogP contribution in [-0.4, -0.2) is 43.8 Å². The van der Waals surface area contributed by atoms with Gasteiger partial charge in [-0.3, -0.25) is 4.79 Å². The second-order valence-electron chi connectivity index (χ2n) is 8.56. The van der Waals surface area contributed by atoms with E-state index in [0.29, 0.717) is 28.0 Å². The molecule has 0 spiro atoms. The quantitative estimate of drug-likeness (QED) is 0.417. The summed E-state index contributed by atoms with van der Waals surface area (Å²) < 4.78 is 38.2. The van der Waals surface area contributed by atoms with Crippen molar-refractivity contribution in [1.82, 2.24) is 14.5 Å². The predicted octanol–water partition coefficient (Wildman–Crippen LogP) is 4.16. The highest BCUT2D eigenvalue weighted by Crippen LogP contribution is 2.32. The van der Waals surface area contributed by atoms with Crippen LogP contribution in [0.3, 0.4) is 0 Å². The SMILES string of the molecule is COc1ccc(S(=O)(=O)n2ncc3cc(-c4cc(C(=O)NC5CC5)ccc4C)ccc32)cc1OC. The molecule has 3 aromatic carbocycles. The van der Waals surface area contributed by atoms with Gasteiger partial charge in [0, 0.05) is 23.1 Å². The predicted molar refractivity (Wildman–Crippen MR) is 133 cm³/mol. The number of rotatable bonds is 7. The van der Waals surface area contributed by atoms with Gasteiger partial charge in [-0.2, -0.15) is 17.6 Å². The molecule has 0 atom stereocenters. The molecule has 1 saturated carbocycles. The Kier molecular flexibility index (Phi) is 5.72. The molecule has 0 unspecified atom stereocenters. The molecule has 0 radical (unpaired) electrons. The van der Waals surface area contributed by atoms with Gasteiger partial charge in [0.15, 0.2) is 11.5 Å². The lowest BCUT2D eigenvalue weighted by Crippen LogP contribution is -2.25. The van der Waals surface area contributed by atoms with Crippen LogP contribution in [0.25, 0.3) is 22.0 Å². The van der Waals surface area contributed by atoms with Crippen LogP contribution in [0.4, 0.5) is 0 Å². The second kappa shape index (κ2) is 8.74. The van der Waals surface area contributed by atoms with E-state index in [1.165, 1.54) is 32.5 Å². The van der Waals surface area contributed by atoms with Crippen LogP contribution < -0.4 is 14.8 Å². The van der Waals surface area contributed by atoms with Crippen molar-refractivity contribution in [3.63, 3.8) is 0 Å². The number of hydrogen-bond donors (Lipinski definition) is 1. The van der Waals surface area contributed by atoms with E-state index in [2.05, 4.69) is 10.4 Å². The summed E-state index contributed by atoms with van der Waals surface area (Å²) in [5, 5.41) is 7.86. The Morgan fingerprint density at radius 2 is 1.77 bits per heavy atom. The van der Waals surface area contributed by atoms with E-state index in [9.17, 15) is 13.2 Å². The van der Waals surface area contributed by atoms with E-state index >= 15 is 0 Å². The maximum Gasteiger partial charge on any atom is 0.283 e. The van der Waals surface area contributed by atoms with Gasteiger partial charge in [0.25, 0.3) is 15.9 Å². The molecule has 1 N–H and O–H groups in total. The molecule has 5 rings (SSSR count). The number of carbonyl (C=O) groups excluding carboxylic acids is 1. The van der Waals surface area contributed by atoms with Crippen molar-refractivity contribution < 1.29 is 22.7 Å². The molecule has 1 heterocycles. The third-order valence-corrected chi connectivity index (χ3v) is 7.74. The van der Waals surface area contributed by atoms with Gasteiger partial charge in [-0.1, -0.05) is 12.1 Å². The Morgan fingerprint density at radius 3 is 2.49 bits per heavy atom. The normalized spacial score (nSPS) is 13.6. The van der Waals surface area contributed by atoms with Crippen LogP contribution in [0.2, 0.25) is 0 Å². The lowest BCUT2D eigenvalue weighted by atomic mass is 9.97. The molecule has 1 aliphatic rings. The van der Waals surface area contributed by atoms with Crippen LogP contribution >= 0.6 is 0 Å². The molecule has 35 heavy (non-hydrogen) atoms. The molecule has 1 aliphatic carbocycles. The van der Waals surface area contributed by atoms with Crippen molar-refractivity contribution in [2.75, 3.05) is 14.2 Å². The summed E-state index contributed by atoms with van der Waals surface area (Å²) in [5.74, 6) is 0.668. The van der Waals surface area contributed by atoms with E-state index in [1.807, 2.05) is 37.3 Å². The molecule has 1 fully saturated rings. The third-order valence-electron chi connectivity index (χ3n) is 6.14. The number of carbonyl (C=O) groups is 1. The smallest absolute Gasteiger partial charge is 0.283 e. The molecule has 1 amide bonds. The maximum atomic E-state index is 13.4. The van der Waals surface area contributed by atoms with Crippen LogP contribution in [-0.2, 0) is 10.0 Å². The molecule has 0 saturated heterocycles. The van der Waals surface area contributed by atoms with Crippen molar-refractivity contribution in [2.24, 2.45) is 0 Å². The van der Waals surface area contributed by atoms with Crippen molar-refractivity contribution >= 4 is 26.8 Å². The molecule has 8 nitrogen and oxygen atoms in total. The number of aromatic nitrogens is 2. The standard InChI is InChI=1S/C26H25N3O5S/c1-16-4-5-18(26(30)28-20-7-8-20)13-22(16)17-6-10-23-19(12-17)15-27-29(23)35(31,32)21-9-11-24(33-2)25(14-21)34-3/h4-6,9-15,20H,7-8H2,1-3H3,(H,28,30). The topological polar surface area (TPSA) is 99.5 Å². The number of methoxy groups -OCH3 is 2. The fourth-order valence-corrected chi connectivity index (χ4v) is 5.31. The lowest BCUT2D eigenvalue weighted by molar-refractivity contribution is 0.0951. The number of hydrogen-bond acceptors (Lipinski definition) is 6. The summed E-state index contributed by atoms with van der Waals surface area (Å²) >= 11 is 0. The van der Waals surface area contributed by atoms with Gasteiger partial charge in [0.2, 0.25) is 0 Å². The lowest BCUT2D eigenvalue weighted by Gasteiger charge is -2.12. The monoisotopic (exact) mass is 491 g/mol. The molecule has 9 heteroatoms. The molecule has 0 bridgehead atoms. The van der Waals surface area contributed by atoms with E-state index in [0.717, 1.165) is 33.6 Å². The summed E-state index contributed by atoms with van der Waals surface area (Å²) in [7, 11) is -1.03. The van der Waals surface area contributed by atoms with Crippen LogP contribution in [0.1, 0.15) is 28.8 Å². The first-order chi connectivity index (χ1) is 16.8. The number of fused-ring (bicyclic) bond motifs is 1. The summed E-state index contributed by atoms with van der Waals surface area (Å²) in [6.45, 7) is 1.98. The number of nitrogens with zero attached hydrogens (tertiary/aromatic N) is 2. The molecule has 0 aliphatic heterocycles. The molecular weight excluding hydrogens is 466 g/mol. The largest absolute Gasteiger partial charge is 0.493 e.